The standard InChI is InChI=1S/C16H28N2/c1-5-6-7-11-18(4)13-16(17-3)15-10-8-9-14(2)12-15/h8-10,12,16-17H,5-7,11,13H2,1-4H3. The summed E-state index contributed by atoms with van der Waals surface area (Å²) in [6.45, 7) is 6.67. The van der Waals surface area contributed by atoms with Crippen LogP contribution in [0.25, 0.3) is 0 Å². The number of unbranched alkanes of at least 4 members (excludes halogenated alkanes) is 2. The van der Waals surface area contributed by atoms with Crippen LogP contribution < -0.4 is 5.32 Å². The minimum atomic E-state index is 0.427. The van der Waals surface area contributed by atoms with Gasteiger partial charge in [0.15, 0.2) is 0 Å². The first kappa shape index (κ1) is 15.2. The number of aryl methyl sites for hydroxylation is 1. The average Bonchev–Trinajstić information content (AvgIpc) is 2.36. The van der Waals surface area contributed by atoms with Gasteiger partial charge in [-0.3, -0.25) is 0 Å². The molecular weight excluding hydrogens is 220 g/mol. The molecule has 0 aromatic heterocycles. The SMILES string of the molecule is CCCCCN(C)CC(NC)c1cccc(C)c1. The van der Waals surface area contributed by atoms with E-state index < -0.39 is 0 Å². The van der Waals surface area contributed by atoms with Crippen molar-refractivity contribution >= 4 is 0 Å². The summed E-state index contributed by atoms with van der Waals surface area (Å²) in [5.41, 5.74) is 2.72. The largest absolute Gasteiger partial charge is 0.312 e. The molecule has 2 nitrogen and oxygen atoms in total. The smallest absolute Gasteiger partial charge is 0.0446 e. The van der Waals surface area contributed by atoms with Gasteiger partial charge in [-0.05, 0) is 39.5 Å². The van der Waals surface area contributed by atoms with Gasteiger partial charge in [0.25, 0.3) is 0 Å². The van der Waals surface area contributed by atoms with Gasteiger partial charge >= 0.3 is 0 Å². The Balaban J connectivity index is 2.51. The van der Waals surface area contributed by atoms with Crippen molar-refractivity contribution in [3.05, 3.63) is 35.4 Å². The van der Waals surface area contributed by atoms with Crippen molar-refractivity contribution in [3.63, 3.8) is 0 Å². The van der Waals surface area contributed by atoms with Gasteiger partial charge in [0.1, 0.15) is 0 Å². The van der Waals surface area contributed by atoms with E-state index in [0.717, 1.165) is 6.54 Å². The number of likely N-dealkylation sites (N-methyl/N-ethyl adjacent to an activating group) is 2. The number of nitrogens with zero attached hydrogens (tertiary/aromatic N) is 1. The van der Waals surface area contributed by atoms with Gasteiger partial charge in [-0.2, -0.15) is 0 Å². The van der Waals surface area contributed by atoms with Gasteiger partial charge in [0.05, 0.1) is 0 Å². The summed E-state index contributed by atoms with van der Waals surface area (Å²) >= 11 is 0. The third-order valence-electron chi connectivity index (χ3n) is 3.43. The van der Waals surface area contributed by atoms with Crippen molar-refractivity contribution in [3.8, 4) is 0 Å². The van der Waals surface area contributed by atoms with Crippen LogP contribution in [-0.4, -0.2) is 32.1 Å². The maximum atomic E-state index is 3.43. The van der Waals surface area contributed by atoms with Crippen molar-refractivity contribution in [2.24, 2.45) is 0 Å². The first-order chi connectivity index (χ1) is 8.67. The van der Waals surface area contributed by atoms with E-state index in [2.05, 4.69) is 55.4 Å². The van der Waals surface area contributed by atoms with Gasteiger partial charge in [0.2, 0.25) is 0 Å². The average molecular weight is 248 g/mol. The summed E-state index contributed by atoms with van der Waals surface area (Å²) in [6.07, 6.45) is 3.93. The Morgan fingerprint density at radius 3 is 2.67 bits per heavy atom. The van der Waals surface area contributed by atoms with Gasteiger partial charge in [-0.25, -0.2) is 0 Å². The van der Waals surface area contributed by atoms with Crippen LogP contribution >= 0.6 is 0 Å². The summed E-state index contributed by atoms with van der Waals surface area (Å²) in [4.78, 5) is 2.43. The van der Waals surface area contributed by atoms with E-state index >= 15 is 0 Å². The highest BCUT2D eigenvalue weighted by molar-refractivity contribution is 5.25. The minimum absolute atomic E-state index is 0.427. The predicted octanol–water partition coefficient (Wildman–Crippen LogP) is 3.38. The molecule has 2 heteroatoms. The molecule has 0 saturated heterocycles. The molecule has 102 valence electrons. The predicted molar refractivity (Wildman–Crippen MR) is 80.0 cm³/mol. The number of hydrogen-bond acceptors (Lipinski definition) is 2. The molecular formula is C16H28N2. The molecule has 0 heterocycles. The number of hydrogen-bond donors (Lipinski definition) is 1. The topological polar surface area (TPSA) is 15.3 Å². The lowest BCUT2D eigenvalue weighted by Gasteiger charge is -2.24. The molecule has 1 atom stereocenters. The molecule has 0 aliphatic heterocycles. The van der Waals surface area contributed by atoms with Crippen LogP contribution in [0.4, 0.5) is 0 Å². The van der Waals surface area contributed by atoms with E-state index in [9.17, 15) is 0 Å². The van der Waals surface area contributed by atoms with Crippen molar-refractivity contribution in [1.29, 1.82) is 0 Å². The number of rotatable bonds is 8. The zero-order valence-corrected chi connectivity index (χ0v) is 12.4. The third kappa shape index (κ3) is 5.19. The third-order valence-corrected chi connectivity index (χ3v) is 3.43. The second kappa shape index (κ2) is 8.28. The summed E-state index contributed by atoms with van der Waals surface area (Å²) in [6, 6.07) is 9.22. The molecule has 0 fully saturated rings. The molecule has 0 spiro atoms. The fraction of sp³-hybridized carbons (Fsp3) is 0.625. The van der Waals surface area contributed by atoms with Crippen LogP contribution in [0.1, 0.15) is 43.4 Å². The normalized spacial score (nSPS) is 12.9. The number of nitrogens with one attached hydrogen (secondary N) is 1. The van der Waals surface area contributed by atoms with Gasteiger partial charge in [0, 0.05) is 12.6 Å². The highest BCUT2D eigenvalue weighted by Gasteiger charge is 2.11. The van der Waals surface area contributed by atoms with Crippen LogP contribution in [0.3, 0.4) is 0 Å². The summed E-state index contributed by atoms with van der Waals surface area (Å²) in [5, 5.41) is 3.43. The lowest BCUT2D eigenvalue weighted by atomic mass is 10.0. The molecule has 1 unspecified atom stereocenters. The minimum Gasteiger partial charge on any atom is -0.312 e. The fourth-order valence-electron chi connectivity index (χ4n) is 2.28. The van der Waals surface area contributed by atoms with E-state index in [-0.39, 0.29) is 0 Å². The molecule has 1 N–H and O–H groups in total. The Bertz CT molecular complexity index is 336. The van der Waals surface area contributed by atoms with Crippen LogP contribution in [0.15, 0.2) is 24.3 Å². The highest BCUT2D eigenvalue weighted by Crippen LogP contribution is 2.15. The lowest BCUT2D eigenvalue weighted by Crippen LogP contribution is -2.31. The summed E-state index contributed by atoms with van der Waals surface area (Å²) in [5.74, 6) is 0. The monoisotopic (exact) mass is 248 g/mol. The second-order valence-corrected chi connectivity index (χ2v) is 5.22. The van der Waals surface area contributed by atoms with E-state index in [1.165, 1.54) is 36.9 Å². The van der Waals surface area contributed by atoms with Crippen LogP contribution in [0.2, 0.25) is 0 Å². The van der Waals surface area contributed by atoms with Gasteiger partial charge in [-0.15, -0.1) is 0 Å². The summed E-state index contributed by atoms with van der Waals surface area (Å²) < 4.78 is 0. The highest BCUT2D eigenvalue weighted by atomic mass is 15.1. The zero-order chi connectivity index (χ0) is 13.4. The molecule has 1 rings (SSSR count). The Kier molecular flexibility index (Phi) is 6.99. The van der Waals surface area contributed by atoms with E-state index in [4.69, 9.17) is 0 Å². The number of benzene rings is 1. The Morgan fingerprint density at radius 2 is 2.06 bits per heavy atom. The maximum Gasteiger partial charge on any atom is 0.0446 e. The molecule has 18 heavy (non-hydrogen) atoms. The molecule has 0 amide bonds. The molecule has 0 aliphatic carbocycles. The molecule has 1 aromatic carbocycles. The quantitative estimate of drug-likeness (QED) is 0.710. The van der Waals surface area contributed by atoms with Crippen molar-refractivity contribution < 1.29 is 0 Å². The first-order valence-electron chi connectivity index (χ1n) is 7.09. The Labute approximate surface area is 112 Å². The van der Waals surface area contributed by atoms with Gasteiger partial charge < -0.3 is 10.2 Å². The van der Waals surface area contributed by atoms with E-state index in [1.54, 1.807) is 0 Å². The molecule has 0 radical (unpaired) electrons. The van der Waals surface area contributed by atoms with Crippen molar-refractivity contribution in [1.82, 2.24) is 10.2 Å². The lowest BCUT2D eigenvalue weighted by molar-refractivity contribution is 0.290. The molecule has 0 bridgehead atoms. The second-order valence-electron chi connectivity index (χ2n) is 5.22. The molecule has 0 aliphatic rings. The zero-order valence-electron chi connectivity index (χ0n) is 12.4. The molecule has 0 saturated carbocycles. The Hall–Kier alpha value is -0.860. The van der Waals surface area contributed by atoms with E-state index in [0.29, 0.717) is 6.04 Å². The van der Waals surface area contributed by atoms with Crippen LogP contribution in [0, 0.1) is 6.92 Å². The van der Waals surface area contributed by atoms with E-state index in [1.807, 2.05) is 7.05 Å². The van der Waals surface area contributed by atoms with Crippen molar-refractivity contribution in [2.75, 3.05) is 27.2 Å². The van der Waals surface area contributed by atoms with Gasteiger partial charge in [-0.1, -0.05) is 49.6 Å². The fourth-order valence-corrected chi connectivity index (χ4v) is 2.28. The Morgan fingerprint density at radius 1 is 1.28 bits per heavy atom. The first-order valence-corrected chi connectivity index (χ1v) is 7.09. The maximum absolute atomic E-state index is 3.43. The molecule has 1 aromatic rings. The van der Waals surface area contributed by atoms with Crippen LogP contribution in [0.5, 0.6) is 0 Å². The van der Waals surface area contributed by atoms with Crippen LogP contribution in [-0.2, 0) is 0 Å². The summed E-state index contributed by atoms with van der Waals surface area (Å²) in [7, 11) is 4.27. The van der Waals surface area contributed by atoms with Crippen molar-refractivity contribution in [2.45, 2.75) is 39.2 Å².